The van der Waals surface area contributed by atoms with Crippen LogP contribution in [-0.2, 0) is 17.8 Å². The van der Waals surface area contributed by atoms with E-state index >= 15 is 0 Å². The van der Waals surface area contributed by atoms with Gasteiger partial charge in [0.05, 0.1) is 43.2 Å². The summed E-state index contributed by atoms with van der Waals surface area (Å²) < 4.78 is 47.4. The van der Waals surface area contributed by atoms with Gasteiger partial charge in [-0.3, -0.25) is 14.5 Å². The largest absolute Gasteiger partial charge is 0.493 e. The van der Waals surface area contributed by atoms with Gasteiger partial charge in [0.2, 0.25) is 5.91 Å². The molecule has 140 heavy (non-hydrogen) atoms. The average Bonchev–Trinajstić information content (AvgIpc) is 0.999. The lowest BCUT2D eigenvalue weighted by Crippen LogP contribution is -2.29. The fourth-order valence-electron chi connectivity index (χ4n) is 15.8. The number of terminal acetylenes is 2. The molecule has 1 amide bonds. The summed E-state index contributed by atoms with van der Waals surface area (Å²) in [5.41, 5.74) is 11.2. The monoisotopic (exact) mass is 1900 g/mol. The van der Waals surface area contributed by atoms with Gasteiger partial charge in [-0.15, -0.1) is 24.7 Å². The molecule has 0 spiro atoms. The molecule has 32 nitrogen and oxygen atoms in total. The number of nitrogens with one attached hydrogen (secondary N) is 5. The SMILES string of the molecule is C#CCCN(C)c1cc(-c2ccc(OC)c(OC)c2)nc(-c2cccc(OCC(O)CNC)c2)n1.C#CCCN(C)c1cc(-c2ccc3c(c2)OCCO3)nc(-c2cccc(OCC(O)CNC)c2)n1.CNCC(O)COc1cccc(-c2nc(CC3CCCCC3)cc(-c3cnn(CC(C)C)c3)n2)c1.CNCC(O)COc1cccc(-c2nc(NCCCN3CCCC3=O)cc(-c3cccnc3)n2)c1. The van der Waals surface area contributed by atoms with E-state index in [0.717, 1.165) is 129 Å². The lowest BCUT2D eigenvalue weighted by Gasteiger charge is -2.21. The quantitative estimate of drug-likeness (QED) is 0.0126. The summed E-state index contributed by atoms with van der Waals surface area (Å²) in [6.45, 7) is 12.6. The first-order chi connectivity index (χ1) is 68.2. The van der Waals surface area contributed by atoms with Gasteiger partial charge in [-0.2, -0.15) is 5.10 Å². The summed E-state index contributed by atoms with van der Waals surface area (Å²) in [7, 11) is 14.3. The second-order valence-corrected chi connectivity index (χ2v) is 34.8. The molecule has 3 aliphatic rings. The number of likely N-dealkylation sites (tertiary alicyclic amines) is 1. The number of methoxy groups -OCH3 is 2. The molecule has 12 aromatic rings. The van der Waals surface area contributed by atoms with Crippen molar-refractivity contribution in [3.8, 4) is 161 Å². The van der Waals surface area contributed by atoms with Crippen molar-refractivity contribution in [2.75, 3.05) is 170 Å². The van der Waals surface area contributed by atoms with Crippen LogP contribution in [-0.4, -0.2) is 265 Å². The standard InChI is InChI=1S/C28H39N5O2.C27H30N4O4.C27H32N4O4.C26H32N6O3/c1-20(2)17-33-18-23(15-30-33)27-14-24(12-21-8-5-4-6-9-21)31-28(32-27)22-10-7-11-26(13-22)35-19-25(34)16-29-3;1-4-5-11-31(3)26-16-23(19-9-10-24-25(15-19)34-13-12-33-24)29-27(30-26)20-7-6-8-22(14-20)35-18-21(32)17-28-2;1-6-7-13-31(3)26-16-23(19-11-12-24(33-4)25(15-19)34-5)29-27(30-26)20-9-8-10-22(14-20)35-18-21(32)17-28-2;1-27-17-21(33)18-35-22-8-2-6-19(14-22)26-30-23(20-7-3-10-28-16-20)15-24(31-26)29-11-5-13-32-12-4-9-25(32)34/h7,10-11,13-15,18,20-21,25,29,34H,4-6,8-9,12,16-17,19H2,1-3H3;1,6-10,14-16,21,28,32H,5,11-13,17-18H2,2-3H3;1,8-12,14-16,21,28,32H,7,13,17-18H2,2-5H3;2-3,6-8,10,14-16,21,27,33H,4-5,9,11-13,17-18H2,1H3,(H,29,30,31). The van der Waals surface area contributed by atoms with Crippen molar-refractivity contribution in [3.63, 3.8) is 0 Å². The lowest BCUT2D eigenvalue weighted by atomic mass is 9.86. The average molecular weight is 1910 g/mol. The highest BCUT2D eigenvalue weighted by atomic mass is 16.6. The Hall–Kier alpha value is -13.9. The molecule has 1 aliphatic carbocycles. The Labute approximate surface area is 821 Å². The Bertz CT molecular complexity index is 5810. The molecule has 4 unspecified atom stereocenters. The Morgan fingerprint density at radius 2 is 0.964 bits per heavy atom. The van der Waals surface area contributed by atoms with E-state index in [-0.39, 0.29) is 32.3 Å². The van der Waals surface area contributed by atoms with Crippen LogP contribution < -0.4 is 74.3 Å². The van der Waals surface area contributed by atoms with E-state index < -0.39 is 24.4 Å². The molecule has 6 aromatic heterocycles. The molecular formula is C108H133N19O13. The van der Waals surface area contributed by atoms with Crippen LogP contribution >= 0.6 is 0 Å². The van der Waals surface area contributed by atoms with E-state index in [2.05, 4.69) is 74.6 Å². The molecule has 15 rings (SSSR count). The summed E-state index contributed by atoms with van der Waals surface area (Å²) in [5, 5.41) is 59.5. The minimum atomic E-state index is -0.607. The predicted octanol–water partition coefficient (Wildman–Crippen LogP) is 13.6. The molecule has 8 heterocycles. The molecule has 738 valence electrons. The fraction of sp³-hybridized carbons (Fsp3) is 0.398. The molecular weight excluding hydrogens is 1770 g/mol. The van der Waals surface area contributed by atoms with E-state index in [0.29, 0.717) is 159 Å². The second kappa shape index (κ2) is 55.0. The highest BCUT2D eigenvalue weighted by Gasteiger charge is 2.25. The van der Waals surface area contributed by atoms with Gasteiger partial charge in [0.25, 0.3) is 0 Å². The lowest BCUT2D eigenvalue weighted by molar-refractivity contribution is -0.127. The number of amides is 1. The number of aromatic nitrogens is 11. The zero-order valence-electron chi connectivity index (χ0n) is 81.9. The summed E-state index contributed by atoms with van der Waals surface area (Å²) >= 11 is 0. The van der Waals surface area contributed by atoms with Crippen LogP contribution in [0.25, 0.3) is 90.6 Å². The number of anilines is 3. The number of hydrogen-bond donors (Lipinski definition) is 9. The molecule has 9 N–H and O–H groups in total. The number of pyridine rings is 1. The van der Waals surface area contributed by atoms with Crippen molar-refractivity contribution < 1.29 is 63.1 Å². The number of ether oxygens (including phenoxy) is 8. The molecule has 1 saturated carbocycles. The van der Waals surface area contributed by atoms with Gasteiger partial charge in [0, 0.05) is 186 Å². The van der Waals surface area contributed by atoms with Crippen molar-refractivity contribution >= 4 is 23.4 Å². The van der Waals surface area contributed by atoms with E-state index in [9.17, 15) is 25.2 Å². The summed E-state index contributed by atoms with van der Waals surface area (Å²) in [4.78, 5) is 60.8. The maximum Gasteiger partial charge on any atom is 0.222 e. The zero-order valence-corrected chi connectivity index (χ0v) is 81.9. The highest BCUT2D eigenvalue weighted by Crippen LogP contribution is 2.39. The van der Waals surface area contributed by atoms with Crippen LogP contribution in [0.2, 0.25) is 0 Å². The third-order valence-corrected chi connectivity index (χ3v) is 23.1. The van der Waals surface area contributed by atoms with Gasteiger partial charge < -0.3 is 99.6 Å². The number of benzene rings is 6. The van der Waals surface area contributed by atoms with Gasteiger partial charge in [-0.05, 0) is 162 Å². The van der Waals surface area contributed by atoms with Crippen molar-refractivity contribution in [2.24, 2.45) is 11.8 Å². The zero-order chi connectivity index (χ0) is 98.9. The Morgan fingerprint density at radius 3 is 1.44 bits per heavy atom. The third kappa shape index (κ3) is 32.3. The Kier molecular flexibility index (Phi) is 41.2. The van der Waals surface area contributed by atoms with Crippen molar-refractivity contribution in [1.82, 2.24) is 80.8 Å². The maximum atomic E-state index is 11.8. The molecule has 2 aliphatic heterocycles. The first-order valence-corrected chi connectivity index (χ1v) is 47.8. The van der Waals surface area contributed by atoms with Crippen molar-refractivity contribution in [3.05, 3.63) is 200 Å². The van der Waals surface area contributed by atoms with Crippen LogP contribution in [0.5, 0.6) is 46.0 Å². The number of rotatable bonds is 45. The summed E-state index contributed by atoms with van der Waals surface area (Å²) in [5.74, 6) is 16.6. The number of aliphatic hydroxyl groups excluding tert-OH is 4. The summed E-state index contributed by atoms with van der Waals surface area (Å²) in [6, 6.07) is 53.7. The normalized spacial score (nSPS) is 13.6. The van der Waals surface area contributed by atoms with Crippen LogP contribution in [0.15, 0.2) is 195 Å². The van der Waals surface area contributed by atoms with Gasteiger partial charge >= 0.3 is 0 Å². The van der Waals surface area contributed by atoms with Crippen LogP contribution in [0, 0.1) is 36.5 Å². The summed E-state index contributed by atoms with van der Waals surface area (Å²) in [6.07, 6.45) is 27.2. The number of fused-ring (bicyclic) bond motifs is 1. The van der Waals surface area contributed by atoms with Gasteiger partial charge in [0.15, 0.2) is 46.3 Å². The number of carbonyl (C=O) groups excluding carboxylic acids is 1. The van der Waals surface area contributed by atoms with Crippen molar-refractivity contribution in [2.45, 2.75) is 115 Å². The smallest absolute Gasteiger partial charge is 0.222 e. The fourth-order valence-corrected chi connectivity index (χ4v) is 15.8. The molecule has 4 atom stereocenters. The van der Waals surface area contributed by atoms with E-state index in [1.165, 1.54) is 32.1 Å². The van der Waals surface area contributed by atoms with E-state index in [1.54, 1.807) is 47.8 Å². The van der Waals surface area contributed by atoms with Crippen molar-refractivity contribution in [1.29, 1.82) is 0 Å². The molecule has 0 bridgehead atoms. The number of aliphatic hydroxyl groups is 4. The van der Waals surface area contributed by atoms with Crippen LogP contribution in [0.4, 0.5) is 17.5 Å². The molecule has 0 radical (unpaired) electrons. The molecule has 6 aromatic carbocycles. The first kappa shape index (κ1) is 105. The van der Waals surface area contributed by atoms with Gasteiger partial charge in [0.1, 0.15) is 105 Å². The Morgan fingerprint density at radius 1 is 0.493 bits per heavy atom. The number of likely N-dealkylation sites (N-methyl/N-ethyl adjacent to an activating group) is 4. The minimum absolute atomic E-state index is 0.177. The molecule has 32 heteroatoms. The maximum absolute atomic E-state index is 11.8. The Balaban J connectivity index is 0.000000167. The van der Waals surface area contributed by atoms with E-state index in [1.807, 2.05) is 211 Å². The second-order valence-electron chi connectivity index (χ2n) is 34.8. The molecule has 1 saturated heterocycles. The highest BCUT2D eigenvalue weighted by molar-refractivity contribution is 5.78. The third-order valence-electron chi connectivity index (χ3n) is 23.1. The van der Waals surface area contributed by atoms with Crippen LogP contribution in [0.1, 0.15) is 83.7 Å². The minimum Gasteiger partial charge on any atom is -0.493 e. The van der Waals surface area contributed by atoms with Crippen LogP contribution in [0.3, 0.4) is 0 Å². The van der Waals surface area contributed by atoms with Gasteiger partial charge in [-0.1, -0.05) is 94.5 Å². The topological polar surface area (TPSA) is 376 Å². The number of nitrogens with zero attached hydrogens (tertiary/aromatic N) is 14. The first-order valence-electron chi connectivity index (χ1n) is 47.8. The number of carbonyl (C=O) groups is 1. The molecule has 2 fully saturated rings. The van der Waals surface area contributed by atoms with Gasteiger partial charge in [-0.25, -0.2) is 39.9 Å². The predicted molar refractivity (Wildman–Crippen MR) is 548 cm³/mol. The van der Waals surface area contributed by atoms with E-state index in [4.69, 9.17) is 90.6 Å². The number of hydrogen-bond acceptors (Lipinski definition) is 30.